The maximum Gasteiger partial charge on any atom is 0.297 e. The average Bonchev–Trinajstić information content (AvgIpc) is 2.99. The van der Waals surface area contributed by atoms with Gasteiger partial charge in [-0.1, -0.05) is 18.2 Å². The summed E-state index contributed by atoms with van der Waals surface area (Å²) in [5, 5.41) is 0. The number of Topliss-reactive ketones (excluding diaryl/α,β-unsaturated/α-hetero) is 1. The van der Waals surface area contributed by atoms with Crippen LogP contribution in [0.4, 0.5) is 0 Å². The maximum absolute atomic E-state index is 12.5. The number of benzene rings is 1. The lowest BCUT2D eigenvalue weighted by atomic mass is 9.81. The summed E-state index contributed by atoms with van der Waals surface area (Å²) in [5.74, 6) is -0.157. The van der Waals surface area contributed by atoms with Gasteiger partial charge >= 0.3 is 0 Å². The summed E-state index contributed by atoms with van der Waals surface area (Å²) >= 11 is 0. The van der Waals surface area contributed by atoms with Crippen molar-refractivity contribution >= 4 is 15.9 Å². The van der Waals surface area contributed by atoms with Gasteiger partial charge in [-0.25, -0.2) is 0 Å². The Morgan fingerprint density at radius 3 is 2.27 bits per heavy atom. The van der Waals surface area contributed by atoms with E-state index in [-0.39, 0.29) is 10.7 Å². The number of H-pyrrole nitrogens is 1. The van der Waals surface area contributed by atoms with Crippen molar-refractivity contribution in [3.8, 4) is 0 Å². The molecule has 0 aliphatic rings. The Kier molecular flexibility index (Phi) is 4.53. The van der Waals surface area contributed by atoms with Gasteiger partial charge in [0.2, 0.25) is 0 Å². The van der Waals surface area contributed by atoms with E-state index >= 15 is 0 Å². The van der Waals surface area contributed by atoms with E-state index in [1.807, 2.05) is 0 Å². The Morgan fingerprint density at radius 1 is 1.14 bits per heavy atom. The number of carbonyl (C=O) groups excluding carboxylic acids is 1. The molecule has 2 aromatic rings. The van der Waals surface area contributed by atoms with Crippen LogP contribution in [-0.4, -0.2) is 19.2 Å². The lowest BCUT2D eigenvalue weighted by Gasteiger charge is -2.30. The molecule has 5 nitrogen and oxygen atoms in total. The highest BCUT2D eigenvalue weighted by atomic mass is 32.2. The molecule has 1 heterocycles. The van der Waals surface area contributed by atoms with Crippen LogP contribution in [0.25, 0.3) is 0 Å². The quantitative estimate of drug-likeness (QED) is 0.830. The minimum Gasteiger partial charge on any atom is -0.363 e. The predicted molar refractivity (Wildman–Crippen MR) is 82.7 cm³/mol. The van der Waals surface area contributed by atoms with Gasteiger partial charge in [-0.15, -0.1) is 0 Å². The van der Waals surface area contributed by atoms with Gasteiger partial charge in [0.15, 0.2) is 0 Å². The summed E-state index contributed by atoms with van der Waals surface area (Å²) in [6, 6.07) is 11.3. The van der Waals surface area contributed by atoms with Gasteiger partial charge in [0.05, 0.1) is 10.3 Å². The summed E-state index contributed by atoms with van der Waals surface area (Å²) in [6.45, 7) is 4.76. The molecule has 0 saturated carbocycles. The largest absolute Gasteiger partial charge is 0.363 e. The van der Waals surface area contributed by atoms with E-state index in [0.29, 0.717) is 5.69 Å². The third-order valence-corrected chi connectivity index (χ3v) is 5.02. The molecule has 0 radical (unpaired) electrons. The Bertz CT molecular complexity index is 734. The van der Waals surface area contributed by atoms with Crippen molar-refractivity contribution in [1.82, 2.24) is 4.98 Å². The molecular weight excluding hydrogens is 302 g/mol. The summed E-state index contributed by atoms with van der Waals surface area (Å²) in [6.07, 6.45) is 0.738. The fourth-order valence-electron chi connectivity index (χ4n) is 2.02. The van der Waals surface area contributed by atoms with Crippen molar-refractivity contribution in [2.24, 2.45) is 5.41 Å². The normalized spacial score (nSPS) is 13.8. The standard InChI is InChI=1S/C16H19NO4S/c1-12(18)16(2,3)15(14-10-7-11-17-14)21-22(19,20)13-8-5-4-6-9-13/h4-11,15,17H,1-3H3. The van der Waals surface area contributed by atoms with Gasteiger partial charge < -0.3 is 4.98 Å². The summed E-state index contributed by atoms with van der Waals surface area (Å²) in [5.41, 5.74) is -0.452. The Morgan fingerprint density at radius 2 is 1.77 bits per heavy atom. The lowest BCUT2D eigenvalue weighted by Crippen LogP contribution is -2.33. The fourth-order valence-corrected chi connectivity index (χ4v) is 3.22. The number of rotatable bonds is 6. The number of nitrogens with one attached hydrogen (secondary N) is 1. The zero-order chi connectivity index (χ0) is 16.4. The molecule has 0 aliphatic carbocycles. The highest BCUT2D eigenvalue weighted by Crippen LogP contribution is 2.38. The van der Waals surface area contributed by atoms with Crippen molar-refractivity contribution in [1.29, 1.82) is 0 Å². The van der Waals surface area contributed by atoms with Gasteiger partial charge in [0.25, 0.3) is 10.1 Å². The van der Waals surface area contributed by atoms with E-state index in [0.717, 1.165) is 0 Å². The van der Waals surface area contributed by atoms with Gasteiger partial charge in [-0.3, -0.25) is 8.98 Å². The van der Waals surface area contributed by atoms with Crippen LogP contribution in [0, 0.1) is 5.41 Å². The molecule has 0 saturated heterocycles. The first-order valence-corrected chi connectivity index (χ1v) is 8.28. The molecule has 0 aliphatic heterocycles. The topological polar surface area (TPSA) is 76.2 Å². The van der Waals surface area contributed by atoms with Crippen LogP contribution in [0.5, 0.6) is 0 Å². The number of hydrogen-bond donors (Lipinski definition) is 1. The van der Waals surface area contributed by atoms with Crippen molar-refractivity contribution < 1.29 is 17.4 Å². The van der Waals surface area contributed by atoms with Crippen LogP contribution in [0.2, 0.25) is 0 Å². The van der Waals surface area contributed by atoms with Crippen LogP contribution in [0.15, 0.2) is 53.6 Å². The fraction of sp³-hybridized carbons (Fsp3) is 0.312. The molecule has 118 valence electrons. The van der Waals surface area contributed by atoms with Crippen LogP contribution >= 0.6 is 0 Å². The minimum atomic E-state index is -3.97. The molecule has 1 atom stereocenters. The Labute approximate surface area is 130 Å². The van der Waals surface area contributed by atoms with E-state index in [1.165, 1.54) is 19.1 Å². The molecule has 1 aromatic heterocycles. The smallest absolute Gasteiger partial charge is 0.297 e. The van der Waals surface area contributed by atoms with Crippen LogP contribution in [0.3, 0.4) is 0 Å². The summed E-state index contributed by atoms with van der Waals surface area (Å²) in [4.78, 5) is 14.9. The highest BCUT2D eigenvalue weighted by molar-refractivity contribution is 7.86. The second-order valence-electron chi connectivity index (χ2n) is 5.65. The van der Waals surface area contributed by atoms with Crippen molar-refractivity contribution in [2.45, 2.75) is 31.8 Å². The van der Waals surface area contributed by atoms with Crippen LogP contribution < -0.4 is 0 Å². The molecule has 1 N–H and O–H groups in total. The highest BCUT2D eigenvalue weighted by Gasteiger charge is 2.40. The molecule has 0 amide bonds. The van der Waals surface area contributed by atoms with E-state index in [4.69, 9.17) is 4.18 Å². The monoisotopic (exact) mass is 321 g/mol. The SMILES string of the molecule is CC(=O)C(C)(C)C(OS(=O)(=O)c1ccccc1)c1ccc[nH]1. The second-order valence-corrected chi connectivity index (χ2v) is 7.22. The molecule has 22 heavy (non-hydrogen) atoms. The van der Waals surface area contributed by atoms with Crippen LogP contribution in [0.1, 0.15) is 32.6 Å². The van der Waals surface area contributed by atoms with E-state index in [1.54, 1.807) is 50.4 Å². The van der Waals surface area contributed by atoms with Gasteiger partial charge in [-0.2, -0.15) is 8.42 Å². The van der Waals surface area contributed by atoms with Gasteiger partial charge in [0, 0.05) is 11.9 Å². The van der Waals surface area contributed by atoms with Crippen molar-refractivity contribution in [2.75, 3.05) is 0 Å². The third-order valence-electron chi connectivity index (χ3n) is 3.72. The molecule has 1 unspecified atom stereocenters. The first-order valence-electron chi connectivity index (χ1n) is 6.88. The average molecular weight is 321 g/mol. The number of carbonyl (C=O) groups is 1. The molecule has 0 fully saturated rings. The molecule has 0 spiro atoms. The van der Waals surface area contributed by atoms with E-state index in [2.05, 4.69) is 4.98 Å². The minimum absolute atomic E-state index is 0.0610. The van der Waals surface area contributed by atoms with Crippen molar-refractivity contribution in [3.05, 3.63) is 54.4 Å². The predicted octanol–water partition coefficient (Wildman–Crippen LogP) is 3.08. The number of hydrogen-bond acceptors (Lipinski definition) is 4. The number of aromatic nitrogens is 1. The zero-order valence-electron chi connectivity index (χ0n) is 12.7. The zero-order valence-corrected chi connectivity index (χ0v) is 13.6. The van der Waals surface area contributed by atoms with E-state index in [9.17, 15) is 13.2 Å². The first-order chi connectivity index (χ1) is 10.2. The Balaban J connectivity index is 2.42. The van der Waals surface area contributed by atoms with Gasteiger partial charge in [-0.05, 0) is 45.0 Å². The number of aromatic amines is 1. The molecular formula is C16H19NO4S. The molecule has 1 aromatic carbocycles. The Hall–Kier alpha value is -1.92. The lowest BCUT2D eigenvalue weighted by molar-refractivity contribution is -0.129. The first kappa shape index (κ1) is 16.5. The second kappa shape index (κ2) is 6.06. The van der Waals surface area contributed by atoms with E-state index < -0.39 is 21.6 Å². The summed E-state index contributed by atoms with van der Waals surface area (Å²) in [7, 11) is -3.97. The van der Waals surface area contributed by atoms with Crippen molar-refractivity contribution in [3.63, 3.8) is 0 Å². The summed E-state index contributed by atoms with van der Waals surface area (Å²) < 4.78 is 30.3. The van der Waals surface area contributed by atoms with Crippen LogP contribution in [-0.2, 0) is 19.1 Å². The molecule has 0 bridgehead atoms. The molecule has 6 heteroatoms. The third kappa shape index (κ3) is 3.28. The number of ketones is 1. The maximum atomic E-state index is 12.5. The molecule has 2 rings (SSSR count). The van der Waals surface area contributed by atoms with Gasteiger partial charge in [0.1, 0.15) is 11.9 Å².